The van der Waals surface area contributed by atoms with Crippen LogP contribution in [0.5, 0.6) is 0 Å². The fourth-order valence-electron chi connectivity index (χ4n) is 4.28. The van der Waals surface area contributed by atoms with E-state index in [9.17, 15) is 14.0 Å². The molecule has 1 aliphatic rings. The van der Waals surface area contributed by atoms with Gasteiger partial charge in [-0.15, -0.1) is 0 Å². The molecule has 4 rings (SSSR count). The topological polar surface area (TPSA) is 58.4 Å². The van der Waals surface area contributed by atoms with E-state index in [1.54, 1.807) is 39.8 Å². The number of carbonyl (C=O) groups excluding carboxylic acids is 1. The molecule has 0 aliphatic carbocycles. The van der Waals surface area contributed by atoms with Crippen molar-refractivity contribution in [2.45, 2.75) is 27.3 Å². The molecule has 34 heavy (non-hydrogen) atoms. The summed E-state index contributed by atoms with van der Waals surface area (Å²) in [7, 11) is 0. The van der Waals surface area contributed by atoms with Gasteiger partial charge in [0.15, 0.2) is 0 Å². The number of piperazine rings is 1. The maximum absolute atomic E-state index is 14.6. The molecule has 0 spiro atoms. The molecule has 6 nitrogen and oxygen atoms in total. The summed E-state index contributed by atoms with van der Waals surface area (Å²) in [5, 5.41) is 1.03. The monoisotopic (exact) mass is 482 g/mol. The van der Waals surface area contributed by atoms with Crippen molar-refractivity contribution >= 4 is 34.2 Å². The minimum absolute atomic E-state index is 0.107. The first-order chi connectivity index (χ1) is 16.1. The van der Waals surface area contributed by atoms with E-state index >= 15 is 0 Å². The quantitative estimate of drug-likeness (QED) is 0.504. The normalized spacial score (nSPS) is 14.5. The molecular weight excluding hydrogens is 455 g/mol. The van der Waals surface area contributed by atoms with E-state index in [-0.39, 0.29) is 22.4 Å². The van der Waals surface area contributed by atoms with E-state index in [0.29, 0.717) is 54.8 Å². The van der Waals surface area contributed by atoms with Crippen LogP contribution in [0, 0.1) is 11.2 Å². The van der Waals surface area contributed by atoms with E-state index in [4.69, 9.17) is 16.6 Å². The van der Waals surface area contributed by atoms with Gasteiger partial charge in [0, 0.05) is 49.7 Å². The zero-order valence-electron chi connectivity index (χ0n) is 19.6. The Hall–Kier alpha value is -3.19. The molecule has 3 heterocycles. The second-order valence-electron chi connectivity index (χ2n) is 9.70. The largest absolute Gasteiger partial charge is 0.367 e. The summed E-state index contributed by atoms with van der Waals surface area (Å²) < 4.78 is 16.2. The molecular formula is C26H28ClFN4O2. The van der Waals surface area contributed by atoms with Gasteiger partial charge in [0.25, 0.3) is 5.56 Å². The van der Waals surface area contributed by atoms with Crippen molar-refractivity contribution in [1.29, 1.82) is 0 Å². The predicted octanol–water partition coefficient (Wildman–Crippen LogP) is 4.74. The Labute approximate surface area is 203 Å². The highest BCUT2D eigenvalue weighted by Crippen LogP contribution is 2.35. The van der Waals surface area contributed by atoms with E-state index in [2.05, 4.69) is 11.5 Å². The molecule has 0 unspecified atom stereocenters. The second kappa shape index (κ2) is 9.22. The first kappa shape index (κ1) is 24.0. The highest BCUT2D eigenvalue weighted by atomic mass is 35.5. The Morgan fingerprint density at radius 1 is 1.18 bits per heavy atom. The van der Waals surface area contributed by atoms with Crippen molar-refractivity contribution in [3.05, 3.63) is 70.2 Å². The van der Waals surface area contributed by atoms with Crippen molar-refractivity contribution in [2.24, 2.45) is 5.41 Å². The molecule has 178 valence electrons. The summed E-state index contributed by atoms with van der Waals surface area (Å²) in [6, 6.07) is 9.70. The van der Waals surface area contributed by atoms with Gasteiger partial charge < -0.3 is 9.80 Å². The SMILES string of the molecule is C=CC(=O)N1CCN(c2cc(=O)n(CC(C)(C)C)c3nc(-c4ccccc4F)c(Cl)cc23)CC1. The second-order valence-corrected chi connectivity index (χ2v) is 10.1. The first-order valence-electron chi connectivity index (χ1n) is 11.2. The number of hydrogen-bond acceptors (Lipinski definition) is 4. The Balaban J connectivity index is 1.89. The van der Waals surface area contributed by atoms with Crippen LogP contribution in [0.2, 0.25) is 5.02 Å². The fraction of sp³-hybridized carbons (Fsp3) is 0.346. The lowest BCUT2D eigenvalue weighted by atomic mass is 9.96. The highest BCUT2D eigenvalue weighted by molar-refractivity contribution is 6.33. The van der Waals surface area contributed by atoms with Gasteiger partial charge in [0.05, 0.1) is 16.4 Å². The van der Waals surface area contributed by atoms with Gasteiger partial charge in [0.2, 0.25) is 5.91 Å². The lowest BCUT2D eigenvalue weighted by Gasteiger charge is -2.36. The Morgan fingerprint density at radius 2 is 1.85 bits per heavy atom. The van der Waals surface area contributed by atoms with Crippen molar-refractivity contribution in [3.63, 3.8) is 0 Å². The average molecular weight is 483 g/mol. The third-order valence-electron chi connectivity index (χ3n) is 5.88. The molecule has 1 aromatic carbocycles. The van der Waals surface area contributed by atoms with Gasteiger partial charge in [-0.3, -0.25) is 14.2 Å². The molecule has 3 aromatic rings. The number of carbonyl (C=O) groups is 1. The third kappa shape index (κ3) is 4.71. The zero-order chi connectivity index (χ0) is 24.6. The number of amides is 1. The third-order valence-corrected chi connectivity index (χ3v) is 6.17. The van der Waals surface area contributed by atoms with E-state index in [1.165, 1.54) is 12.1 Å². The number of pyridine rings is 2. The number of aromatic nitrogens is 2. The maximum Gasteiger partial charge on any atom is 0.254 e. The van der Waals surface area contributed by atoms with Gasteiger partial charge in [-0.05, 0) is 29.7 Å². The van der Waals surface area contributed by atoms with Crippen molar-refractivity contribution in [1.82, 2.24) is 14.5 Å². The minimum atomic E-state index is -0.430. The van der Waals surface area contributed by atoms with E-state index in [1.807, 2.05) is 20.8 Å². The predicted molar refractivity (Wildman–Crippen MR) is 135 cm³/mol. The first-order valence-corrected chi connectivity index (χ1v) is 11.6. The number of halogens is 2. The number of nitrogens with zero attached hydrogens (tertiary/aromatic N) is 4. The maximum atomic E-state index is 14.6. The molecule has 0 saturated carbocycles. The van der Waals surface area contributed by atoms with Crippen LogP contribution in [0.3, 0.4) is 0 Å². The van der Waals surface area contributed by atoms with Gasteiger partial charge in [-0.2, -0.15) is 0 Å². The van der Waals surface area contributed by atoms with Crippen molar-refractivity contribution < 1.29 is 9.18 Å². The molecule has 0 bridgehead atoms. The highest BCUT2D eigenvalue weighted by Gasteiger charge is 2.25. The zero-order valence-corrected chi connectivity index (χ0v) is 20.4. The van der Waals surface area contributed by atoms with Crippen LogP contribution in [0.4, 0.5) is 10.1 Å². The molecule has 1 saturated heterocycles. The van der Waals surface area contributed by atoms with Gasteiger partial charge in [0.1, 0.15) is 11.5 Å². The van der Waals surface area contributed by atoms with Gasteiger partial charge in [-0.1, -0.05) is 51.1 Å². The van der Waals surface area contributed by atoms with E-state index in [0.717, 1.165) is 5.39 Å². The van der Waals surface area contributed by atoms with Gasteiger partial charge >= 0.3 is 0 Å². The Bertz CT molecular complexity index is 1320. The summed E-state index contributed by atoms with van der Waals surface area (Å²) in [4.78, 5) is 33.8. The molecule has 1 aliphatic heterocycles. The molecule has 0 atom stereocenters. The van der Waals surface area contributed by atoms with Crippen LogP contribution in [0.15, 0.2) is 53.8 Å². The number of fused-ring (bicyclic) bond motifs is 1. The fourth-order valence-corrected chi connectivity index (χ4v) is 4.53. The van der Waals surface area contributed by atoms with Crippen LogP contribution in [0.25, 0.3) is 22.3 Å². The number of benzene rings is 1. The summed E-state index contributed by atoms with van der Waals surface area (Å²) in [6.45, 7) is 12.3. The smallest absolute Gasteiger partial charge is 0.254 e. The molecule has 0 N–H and O–H groups in total. The lowest BCUT2D eigenvalue weighted by molar-refractivity contribution is -0.126. The van der Waals surface area contributed by atoms with Gasteiger partial charge in [-0.25, -0.2) is 9.37 Å². The number of hydrogen-bond donors (Lipinski definition) is 0. The Kier molecular flexibility index (Phi) is 6.49. The molecule has 2 aromatic heterocycles. The van der Waals surface area contributed by atoms with Crippen molar-refractivity contribution in [3.8, 4) is 11.3 Å². The molecule has 0 radical (unpaired) electrons. The number of anilines is 1. The van der Waals surface area contributed by atoms with Crippen molar-refractivity contribution in [2.75, 3.05) is 31.1 Å². The average Bonchev–Trinajstić information content (AvgIpc) is 2.80. The van der Waals surface area contributed by atoms with Crippen LogP contribution >= 0.6 is 11.6 Å². The van der Waals surface area contributed by atoms with E-state index < -0.39 is 5.82 Å². The summed E-state index contributed by atoms with van der Waals surface area (Å²) in [5.74, 6) is -0.538. The molecule has 1 fully saturated rings. The number of rotatable bonds is 4. The molecule has 1 amide bonds. The molecule has 8 heteroatoms. The summed E-state index contributed by atoms with van der Waals surface area (Å²) in [5.41, 5.74) is 1.39. The van der Waals surface area contributed by atoms with Crippen LogP contribution < -0.4 is 10.5 Å². The van der Waals surface area contributed by atoms with Crippen LogP contribution in [-0.2, 0) is 11.3 Å². The standard InChI is InChI=1S/C26H28ClFN4O2/c1-5-22(33)31-12-10-30(11-13-31)21-15-23(34)32(16-26(2,3)4)25-18(21)14-19(27)24(29-25)17-8-6-7-9-20(17)28/h5-9,14-15H,1,10-13,16H2,2-4H3. The van der Waals surface area contributed by atoms with Crippen LogP contribution in [0.1, 0.15) is 20.8 Å². The lowest BCUT2D eigenvalue weighted by Crippen LogP contribution is -2.48. The van der Waals surface area contributed by atoms with Crippen LogP contribution in [-0.4, -0.2) is 46.5 Å². The minimum Gasteiger partial charge on any atom is -0.367 e. The summed E-state index contributed by atoms with van der Waals surface area (Å²) in [6.07, 6.45) is 1.31. The Morgan fingerprint density at radius 3 is 2.47 bits per heavy atom. The summed E-state index contributed by atoms with van der Waals surface area (Å²) >= 11 is 6.63.